The zero-order valence-electron chi connectivity index (χ0n) is 15.6. The quantitative estimate of drug-likeness (QED) is 0.739. The fraction of sp³-hybridized carbons (Fsp3) is 0.333. The number of carbonyl (C=O) groups excluding carboxylic acids is 1. The molecule has 4 rings (SSSR count). The maximum absolute atomic E-state index is 13.0. The van der Waals surface area contributed by atoms with Gasteiger partial charge in [-0.05, 0) is 59.7 Å². The van der Waals surface area contributed by atoms with E-state index in [0.717, 1.165) is 38.8 Å². The highest BCUT2D eigenvalue weighted by molar-refractivity contribution is 5.97. The topological polar surface area (TPSA) is 84.1 Å². The van der Waals surface area contributed by atoms with Crippen LogP contribution in [0.2, 0.25) is 0 Å². The molecule has 0 aliphatic carbocycles. The number of phenolic OH excluding ortho intramolecular Hbond substituents is 1. The molecule has 1 aromatic heterocycles. The van der Waals surface area contributed by atoms with Crippen molar-refractivity contribution in [3.8, 4) is 11.4 Å². The highest BCUT2D eigenvalue weighted by Gasteiger charge is 2.26. The Morgan fingerprint density at radius 3 is 2.79 bits per heavy atom. The number of aromatic nitrogens is 4. The van der Waals surface area contributed by atoms with Gasteiger partial charge in [0.1, 0.15) is 12.1 Å². The maximum Gasteiger partial charge on any atom is 0.257 e. The largest absolute Gasteiger partial charge is 0.507 e. The van der Waals surface area contributed by atoms with Gasteiger partial charge in [-0.25, -0.2) is 4.68 Å². The average molecular weight is 377 g/mol. The molecule has 0 spiro atoms. The zero-order chi connectivity index (χ0) is 19.3. The van der Waals surface area contributed by atoms with E-state index in [1.165, 1.54) is 22.6 Å². The van der Waals surface area contributed by atoms with E-state index in [9.17, 15) is 9.90 Å². The number of benzene rings is 2. The van der Waals surface area contributed by atoms with Crippen molar-refractivity contribution in [1.29, 1.82) is 0 Å². The molecule has 1 N–H and O–H groups in total. The van der Waals surface area contributed by atoms with Crippen LogP contribution in [0.5, 0.6) is 5.75 Å². The van der Waals surface area contributed by atoms with Crippen LogP contribution in [0.15, 0.2) is 54.9 Å². The Kier molecular flexibility index (Phi) is 5.32. The Morgan fingerprint density at radius 2 is 2.04 bits per heavy atom. The summed E-state index contributed by atoms with van der Waals surface area (Å²) in [6.07, 6.45) is 5.67. The minimum Gasteiger partial charge on any atom is -0.507 e. The number of hydrogen-bond acceptors (Lipinski definition) is 5. The Hall–Kier alpha value is -3.22. The fourth-order valence-corrected chi connectivity index (χ4v) is 3.79. The van der Waals surface area contributed by atoms with Gasteiger partial charge < -0.3 is 10.0 Å². The van der Waals surface area contributed by atoms with Crippen molar-refractivity contribution in [1.82, 2.24) is 25.1 Å². The first-order chi connectivity index (χ1) is 13.7. The maximum atomic E-state index is 13.0. The average Bonchev–Trinajstić information content (AvgIpc) is 3.28. The van der Waals surface area contributed by atoms with Gasteiger partial charge in [0.2, 0.25) is 0 Å². The number of aryl methyl sites for hydroxylation is 1. The molecule has 0 saturated carbocycles. The van der Waals surface area contributed by atoms with E-state index in [1.54, 1.807) is 12.1 Å². The number of phenols is 1. The summed E-state index contributed by atoms with van der Waals surface area (Å²) in [6.45, 7) is 1.47. The summed E-state index contributed by atoms with van der Waals surface area (Å²) < 4.78 is 1.44. The van der Waals surface area contributed by atoms with Crippen molar-refractivity contribution >= 4 is 5.91 Å². The Labute approximate surface area is 163 Å². The molecule has 1 atom stereocenters. The number of rotatable bonds is 5. The molecule has 1 amide bonds. The monoisotopic (exact) mass is 377 g/mol. The van der Waals surface area contributed by atoms with Crippen molar-refractivity contribution < 1.29 is 9.90 Å². The predicted octanol–water partition coefficient (Wildman–Crippen LogP) is 2.85. The molecule has 2 aromatic carbocycles. The van der Waals surface area contributed by atoms with Crippen LogP contribution in [0.1, 0.15) is 35.2 Å². The lowest BCUT2D eigenvalue weighted by molar-refractivity contribution is 0.0665. The lowest BCUT2D eigenvalue weighted by Crippen LogP contribution is -2.40. The highest BCUT2D eigenvalue weighted by Crippen LogP contribution is 2.26. The Balaban J connectivity index is 1.41. The third kappa shape index (κ3) is 4.03. The van der Waals surface area contributed by atoms with E-state index in [-0.39, 0.29) is 11.7 Å². The predicted molar refractivity (Wildman–Crippen MR) is 104 cm³/mol. The first-order valence-corrected chi connectivity index (χ1v) is 9.60. The summed E-state index contributed by atoms with van der Waals surface area (Å²) in [4.78, 5) is 14.8. The standard InChI is InChI=1S/C21H23N5O2/c27-20-13-18(26-15-22-23-24-26)10-11-19(20)21(28)25-12-4-7-17(14-25)9-8-16-5-2-1-3-6-16/h1-3,5-6,10-11,13,15,17,27H,4,7-9,12,14H2. The number of amides is 1. The number of tetrazole rings is 1. The number of hydrogen-bond donors (Lipinski definition) is 1. The van der Waals surface area contributed by atoms with Crippen LogP contribution in [0.3, 0.4) is 0 Å². The molecule has 1 aliphatic heterocycles. The van der Waals surface area contributed by atoms with E-state index in [1.807, 2.05) is 11.0 Å². The highest BCUT2D eigenvalue weighted by atomic mass is 16.3. The molecule has 3 aromatic rings. The number of aromatic hydroxyl groups is 1. The molecule has 7 heteroatoms. The number of nitrogens with zero attached hydrogens (tertiary/aromatic N) is 5. The van der Waals surface area contributed by atoms with Gasteiger partial charge in [-0.2, -0.15) is 0 Å². The summed E-state index contributed by atoms with van der Waals surface area (Å²) in [5.41, 5.74) is 2.26. The normalized spacial score (nSPS) is 16.9. The van der Waals surface area contributed by atoms with Gasteiger partial charge in [0.05, 0.1) is 11.3 Å². The molecule has 2 heterocycles. The molecule has 1 fully saturated rings. The zero-order valence-corrected chi connectivity index (χ0v) is 15.6. The van der Waals surface area contributed by atoms with Gasteiger partial charge >= 0.3 is 0 Å². The molecule has 1 aliphatic rings. The van der Waals surface area contributed by atoms with Gasteiger partial charge in [-0.3, -0.25) is 4.79 Å². The molecule has 0 bridgehead atoms. The molecule has 1 saturated heterocycles. The van der Waals surface area contributed by atoms with Crippen LogP contribution in [0.25, 0.3) is 5.69 Å². The SMILES string of the molecule is O=C(c1ccc(-n2cnnn2)cc1O)N1CCCC(CCc2ccccc2)C1. The van der Waals surface area contributed by atoms with Crippen molar-refractivity contribution in [2.45, 2.75) is 25.7 Å². The van der Waals surface area contributed by atoms with E-state index >= 15 is 0 Å². The Bertz CT molecular complexity index is 927. The fourth-order valence-electron chi connectivity index (χ4n) is 3.79. The van der Waals surface area contributed by atoms with Gasteiger partial charge in [-0.1, -0.05) is 30.3 Å². The molecular formula is C21H23N5O2. The minimum absolute atomic E-state index is 0.0515. The first-order valence-electron chi connectivity index (χ1n) is 9.60. The van der Waals surface area contributed by atoms with Gasteiger partial charge in [0.15, 0.2) is 0 Å². The molecule has 0 radical (unpaired) electrons. The second-order valence-corrected chi connectivity index (χ2v) is 7.24. The van der Waals surface area contributed by atoms with Crippen molar-refractivity contribution in [2.24, 2.45) is 5.92 Å². The van der Waals surface area contributed by atoms with Gasteiger partial charge in [0.25, 0.3) is 5.91 Å². The smallest absolute Gasteiger partial charge is 0.257 e. The third-order valence-electron chi connectivity index (χ3n) is 5.32. The second kappa shape index (κ2) is 8.21. The van der Waals surface area contributed by atoms with E-state index in [0.29, 0.717) is 17.2 Å². The van der Waals surface area contributed by atoms with Crippen LogP contribution in [0, 0.1) is 5.92 Å². The first kappa shape index (κ1) is 18.2. The molecule has 144 valence electrons. The summed E-state index contributed by atoms with van der Waals surface area (Å²) in [5.74, 6) is 0.315. The van der Waals surface area contributed by atoms with E-state index in [2.05, 4.69) is 39.8 Å². The van der Waals surface area contributed by atoms with E-state index < -0.39 is 0 Å². The minimum atomic E-state index is -0.120. The van der Waals surface area contributed by atoms with Gasteiger partial charge in [0, 0.05) is 19.2 Å². The molecular weight excluding hydrogens is 354 g/mol. The second-order valence-electron chi connectivity index (χ2n) is 7.24. The summed E-state index contributed by atoms with van der Waals surface area (Å²) in [7, 11) is 0. The van der Waals surface area contributed by atoms with Crippen LogP contribution in [0.4, 0.5) is 0 Å². The molecule has 7 nitrogen and oxygen atoms in total. The number of piperidine rings is 1. The number of carbonyl (C=O) groups is 1. The summed E-state index contributed by atoms with van der Waals surface area (Å²) >= 11 is 0. The summed E-state index contributed by atoms with van der Waals surface area (Å²) in [5, 5.41) is 21.3. The van der Waals surface area contributed by atoms with E-state index in [4.69, 9.17) is 0 Å². The van der Waals surface area contributed by atoms with Crippen molar-refractivity contribution in [3.05, 3.63) is 66.0 Å². The summed E-state index contributed by atoms with van der Waals surface area (Å²) in [6, 6.07) is 15.3. The third-order valence-corrected chi connectivity index (χ3v) is 5.32. The van der Waals surface area contributed by atoms with Crippen LogP contribution in [-0.2, 0) is 6.42 Å². The van der Waals surface area contributed by atoms with Crippen LogP contribution in [-0.4, -0.2) is 49.2 Å². The lowest BCUT2D eigenvalue weighted by atomic mass is 9.91. The Morgan fingerprint density at radius 1 is 1.18 bits per heavy atom. The van der Waals surface area contributed by atoms with Crippen LogP contribution < -0.4 is 0 Å². The lowest BCUT2D eigenvalue weighted by Gasteiger charge is -2.33. The van der Waals surface area contributed by atoms with Gasteiger partial charge in [-0.15, -0.1) is 5.10 Å². The van der Waals surface area contributed by atoms with Crippen molar-refractivity contribution in [3.63, 3.8) is 0 Å². The number of likely N-dealkylation sites (tertiary alicyclic amines) is 1. The molecule has 28 heavy (non-hydrogen) atoms. The van der Waals surface area contributed by atoms with Crippen molar-refractivity contribution in [2.75, 3.05) is 13.1 Å². The van der Waals surface area contributed by atoms with Crippen LogP contribution >= 0.6 is 0 Å². The molecule has 1 unspecified atom stereocenters.